The highest BCUT2D eigenvalue weighted by Gasteiger charge is 2.35. The average molecular weight is 451 g/mol. The predicted molar refractivity (Wildman–Crippen MR) is 122 cm³/mol. The Morgan fingerprint density at radius 2 is 2.03 bits per heavy atom. The number of anilines is 2. The quantitative estimate of drug-likeness (QED) is 0.593. The van der Waals surface area contributed by atoms with Crippen molar-refractivity contribution in [3.05, 3.63) is 58.9 Å². The van der Waals surface area contributed by atoms with Gasteiger partial charge < -0.3 is 14.7 Å². The Labute approximate surface area is 190 Å². The molecule has 7 nitrogen and oxygen atoms in total. The Kier molecular flexibility index (Phi) is 5.43. The lowest BCUT2D eigenvalue weighted by Gasteiger charge is -2.20. The number of carbonyl (C=O) groups is 2. The minimum absolute atomic E-state index is 0.0895. The standard InChI is InChI=1S/C24H23ClN4O3/c1-14-19(25)9-4-10-20(14)26-23(31)17-12-21(30)29(13-17)18-8-3-7-16(11-18)22-27-24(32-28-22)15-5-2-6-15/h3-4,7-11,15,17H,2,5-6,12-13H2,1H3,(H,26,31)/t17-/m1/s1. The van der Waals surface area contributed by atoms with E-state index in [2.05, 4.69) is 15.5 Å². The van der Waals surface area contributed by atoms with Crippen molar-refractivity contribution in [1.82, 2.24) is 10.1 Å². The van der Waals surface area contributed by atoms with Gasteiger partial charge in [-0.05, 0) is 49.6 Å². The second-order valence-corrected chi connectivity index (χ2v) is 8.85. The minimum atomic E-state index is -0.445. The van der Waals surface area contributed by atoms with Gasteiger partial charge in [-0.3, -0.25) is 9.59 Å². The molecule has 2 fully saturated rings. The van der Waals surface area contributed by atoms with Gasteiger partial charge in [0.25, 0.3) is 0 Å². The maximum Gasteiger partial charge on any atom is 0.230 e. The summed E-state index contributed by atoms with van der Waals surface area (Å²) in [4.78, 5) is 31.7. The van der Waals surface area contributed by atoms with Crippen molar-refractivity contribution in [2.75, 3.05) is 16.8 Å². The van der Waals surface area contributed by atoms with Crippen molar-refractivity contribution in [1.29, 1.82) is 0 Å². The summed E-state index contributed by atoms with van der Waals surface area (Å²) in [6, 6.07) is 12.9. The van der Waals surface area contributed by atoms with Gasteiger partial charge in [0.2, 0.25) is 23.5 Å². The molecule has 1 aliphatic heterocycles. The zero-order chi connectivity index (χ0) is 22.2. The Balaban J connectivity index is 1.31. The highest BCUT2D eigenvalue weighted by atomic mass is 35.5. The predicted octanol–water partition coefficient (Wildman–Crippen LogP) is 4.96. The van der Waals surface area contributed by atoms with Gasteiger partial charge in [0, 0.05) is 40.8 Å². The minimum Gasteiger partial charge on any atom is -0.339 e. The van der Waals surface area contributed by atoms with Gasteiger partial charge in [-0.2, -0.15) is 4.98 Å². The van der Waals surface area contributed by atoms with Crippen LogP contribution in [0.1, 0.15) is 43.1 Å². The molecule has 8 heteroatoms. The Hall–Kier alpha value is -3.19. The van der Waals surface area contributed by atoms with Crippen LogP contribution in [0.15, 0.2) is 47.0 Å². The number of halogens is 1. The second-order valence-electron chi connectivity index (χ2n) is 8.44. The molecule has 1 saturated heterocycles. The molecule has 1 N–H and O–H groups in total. The van der Waals surface area contributed by atoms with Crippen LogP contribution in [0.4, 0.5) is 11.4 Å². The van der Waals surface area contributed by atoms with Crippen LogP contribution >= 0.6 is 11.6 Å². The number of nitrogens with zero attached hydrogens (tertiary/aromatic N) is 3. The van der Waals surface area contributed by atoms with E-state index in [1.807, 2.05) is 31.2 Å². The highest BCUT2D eigenvalue weighted by molar-refractivity contribution is 6.31. The molecule has 1 saturated carbocycles. The second kappa shape index (κ2) is 8.39. The Bertz CT molecular complexity index is 1190. The first-order chi connectivity index (χ1) is 15.5. The molecule has 2 amide bonds. The van der Waals surface area contributed by atoms with Gasteiger partial charge in [0.1, 0.15) is 0 Å². The number of amides is 2. The van der Waals surface area contributed by atoms with Crippen LogP contribution in [0.25, 0.3) is 11.4 Å². The van der Waals surface area contributed by atoms with E-state index >= 15 is 0 Å². The highest BCUT2D eigenvalue weighted by Crippen LogP contribution is 2.36. The summed E-state index contributed by atoms with van der Waals surface area (Å²) in [7, 11) is 0. The molecule has 1 aromatic heterocycles. The van der Waals surface area contributed by atoms with E-state index in [1.165, 1.54) is 6.42 Å². The molecule has 1 atom stereocenters. The molecule has 0 bridgehead atoms. The molecule has 1 aliphatic carbocycles. The molecule has 2 aromatic carbocycles. The van der Waals surface area contributed by atoms with Crippen molar-refractivity contribution in [2.45, 2.75) is 38.5 Å². The zero-order valence-corrected chi connectivity index (χ0v) is 18.4. The average Bonchev–Trinajstić information content (AvgIpc) is 3.37. The smallest absolute Gasteiger partial charge is 0.230 e. The van der Waals surface area contributed by atoms with Crippen LogP contribution in [-0.4, -0.2) is 28.5 Å². The van der Waals surface area contributed by atoms with Crippen molar-refractivity contribution >= 4 is 34.8 Å². The topological polar surface area (TPSA) is 88.3 Å². The number of hydrogen-bond donors (Lipinski definition) is 1. The van der Waals surface area contributed by atoms with Gasteiger partial charge in [-0.1, -0.05) is 41.4 Å². The number of nitrogens with one attached hydrogen (secondary N) is 1. The number of benzene rings is 2. The molecule has 2 aliphatic rings. The first-order valence-electron chi connectivity index (χ1n) is 10.8. The van der Waals surface area contributed by atoms with E-state index in [0.717, 1.165) is 29.7 Å². The summed E-state index contributed by atoms with van der Waals surface area (Å²) >= 11 is 6.15. The third-order valence-corrected chi connectivity index (χ3v) is 6.74. The van der Waals surface area contributed by atoms with Crippen LogP contribution in [0.2, 0.25) is 5.02 Å². The van der Waals surface area contributed by atoms with Crippen molar-refractivity contribution < 1.29 is 14.1 Å². The van der Waals surface area contributed by atoms with E-state index in [9.17, 15) is 9.59 Å². The van der Waals surface area contributed by atoms with Gasteiger partial charge in [0.05, 0.1) is 5.92 Å². The molecule has 0 radical (unpaired) electrons. The summed E-state index contributed by atoms with van der Waals surface area (Å²) in [6.45, 7) is 2.16. The van der Waals surface area contributed by atoms with Crippen LogP contribution in [0.5, 0.6) is 0 Å². The summed E-state index contributed by atoms with van der Waals surface area (Å²) in [6.07, 6.45) is 3.52. The molecule has 0 unspecified atom stereocenters. The van der Waals surface area contributed by atoms with Gasteiger partial charge >= 0.3 is 0 Å². The summed E-state index contributed by atoms with van der Waals surface area (Å²) in [5.41, 5.74) is 2.97. The Morgan fingerprint density at radius 3 is 2.81 bits per heavy atom. The maximum absolute atomic E-state index is 12.8. The molecule has 164 valence electrons. The largest absolute Gasteiger partial charge is 0.339 e. The summed E-state index contributed by atoms with van der Waals surface area (Å²) < 4.78 is 5.43. The van der Waals surface area contributed by atoms with Crippen molar-refractivity contribution in [3.63, 3.8) is 0 Å². The monoisotopic (exact) mass is 450 g/mol. The first kappa shape index (κ1) is 20.7. The third kappa shape index (κ3) is 3.88. The van der Waals surface area contributed by atoms with Gasteiger partial charge in [0.15, 0.2) is 0 Å². The van der Waals surface area contributed by atoms with Crippen molar-refractivity contribution in [3.8, 4) is 11.4 Å². The van der Waals surface area contributed by atoms with Crippen molar-refractivity contribution in [2.24, 2.45) is 5.92 Å². The fraction of sp³-hybridized carbons (Fsp3) is 0.333. The summed E-state index contributed by atoms with van der Waals surface area (Å²) in [5.74, 6) is 0.842. The molecule has 2 heterocycles. The molecule has 3 aromatic rings. The number of aromatic nitrogens is 2. The zero-order valence-electron chi connectivity index (χ0n) is 17.7. The van der Waals surface area contributed by atoms with E-state index < -0.39 is 5.92 Å². The van der Waals surface area contributed by atoms with E-state index in [-0.39, 0.29) is 18.2 Å². The lowest BCUT2D eigenvalue weighted by molar-refractivity contribution is -0.122. The third-order valence-electron chi connectivity index (χ3n) is 6.33. The lowest BCUT2D eigenvalue weighted by atomic mass is 9.85. The molecule has 5 rings (SSSR count). The van der Waals surface area contributed by atoms with Crippen LogP contribution < -0.4 is 10.2 Å². The number of hydrogen-bond acceptors (Lipinski definition) is 5. The van der Waals surface area contributed by atoms with Gasteiger partial charge in [-0.15, -0.1) is 0 Å². The van der Waals surface area contributed by atoms with Crippen LogP contribution in [0, 0.1) is 12.8 Å². The number of carbonyl (C=O) groups excluding carboxylic acids is 2. The first-order valence-corrected chi connectivity index (χ1v) is 11.2. The van der Waals surface area contributed by atoms with Crippen LogP contribution in [-0.2, 0) is 9.59 Å². The summed E-state index contributed by atoms with van der Waals surface area (Å²) in [5, 5.41) is 7.62. The SMILES string of the molecule is Cc1c(Cl)cccc1NC(=O)[C@@H]1CC(=O)N(c2cccc(-c3noc(C4CCC4)n3)c2)C1. The number of rotatable bonds is 5. The Morgan fingerprint density at radius 1 is 1.22 bits per heavy atom. The molecular weight excluding hydrogens is 428 g/mol. The molecular formula is C24H23ClN4O3. The lowest BCUT2D eigenvalue weighted by Crippen LogP contribution is -2.28. The van der Waals surface area contributed by atoms with E-state index in [1.54, 1.807) is 23.1 Å². The fourth-order valence-corrected chi connectivity index (χ4v) is 4.27. The van der Waals surface area contributed by atoms with E-state index in [0.29, 0.717) is 34.9 Å². The normalized spacial score (nSPS) is 18.6. The van der Waals surface area contributed by atoms with E-state index in [4.69, 9.17) is 16.1 Å². The molecule has 0 spiro atoms. The fourth-order valence-electron chi connectivity index (χ4n) is 4.10. The maximum atomic E-state index is 12.8. The van der Waals surface area contributed by atoms with Gasteiger partial charge in [-0.25, -0.2) is 0 Å². The molecule has 32 heavy (non-hydrogen) atoms. The van der Waals surface area contributed by atoms with Crippen LogP contribution in [0.3, 0.4) is 0 Å².